The number of anilines is 1. The van der Waals surface area contributed by atoms with Crippen LogP contribution in [0.15, 0.2) is 55.0 Å². The summed E-state index contributed by atoms with van der Waals surface area (Å²) >= 11 is 1.41. The topological polar surface area (TPSA) is 90.5 Å². The van der Waals surface area contributed by atoms with E-state index in [2.05, 4.69) is 43.1 Å². The summed E-state index contributed by atoms with van der Waals surface area (Å²) in [5.41, 5.74) is 3.86. The fourth-order valence-corrected chi connectivity index (χ4v) is 4.99. The van der Waals surface area contributed by atoms with Gasteiger partial charge < -0.3 is 4.57 Å². The molecule has 0 atom stereocenters. The number of carbonyl (C=O) groups is 1. The van der Waals surface area contributed by atoms with Crippen LogP contribution in [0.3, 0.4) is 0 Å². The molecule has 4 heterocycles. The van der Waals surface area contributed by atoms with Crippen molar-refractivity contribution in [1.29, 1.82) is 0 Å². The third-order valence-electron chi connectivity index (χ3n) is 5.83. The summed E-state index contributed by atoms with van der Waals surface area (Å²) in [7, 11) is 1.95. The van der Waals surface area contributed by atoms with Gasteiger partial charge in [0.2, 0.25) is 0 Å². The summed E-state index contributed by atoms with van der Waals surface area (Å²) in [4.78, 5) is 28.6. The third kappa shape index (κ3) is 4.23. The number of carbonyl (C=O) groups excluding carboxylic acids is 1. The number of hydrogen-bond acceptors (Lipinski definition) is 6. The Morgan fingerprint density at radius 1 is 1.09 bits per heavy atom. The van der Waals surface area contributed by atoms with E-state index in [1.165, 1.54) is 11.3 Å². The van der Waals surface area contributed by atoms with E-state index < -0.39 is 0 Å². The van der Waals surface area contributed by atoms with Crippen LogP contribution >= 0.6 is 11.3 Å². The lowest BCUT2D eigenvalue weighted by molar-refractivity contribution is 0.102. The van der Waals surface area contributed by atoms with Gasteiger partial charge in [0.15, 0.2) is 16.6 Å². The van der Waals surface area contributed by atoms with Crippen LogP contribution in [0.1, 0.15) is 55.7 Å². The van der Waals surface area contributed by atoms with E-state index >= 15 is 0 Å². The first-order chi connectivity index (χ1) is 16.8. The second-order valence-electron chi connectivity index (χ2n) is 9.05. The number of nitrogens with one attached hydrogen (secondary N) is 1. The van der Waals surface area contributed by atoms with Crippen molar-refractivity contribution < 1.29 is 4.79 Å². The van der Waals surface area contributed by atoms with Crippen molar-refractivity contribution in [2.45, 2.75) is 39.7 Å². The normalized spacial score (nSPS) is 11.6. The van der Waals surface area contributed by atoms with Crippen LogP contribution in [0.2, 0.25) is 0 Å². The summed E-state index contributed by atoms with van der Waals surface area (Å²) in [6.45, 7) is 8.24. The fourth-order valence-electron chi connectivity index (χ4n) is 3.96. The minimum absolute atomic E-state index is 0.131. The molecule has 35 heavy (non-hydrogen) atoms. The van der Waals surface area contributed by atoms with E-state index in [1.807, 2.05) is 58.9 Å². The molecule has 9 heteroatoms. The number of hydrogen-bond donors (Lipinski definition) is 1. The maximum atomic E-state index is 13.6. The Morgan fingerprint density at radius 2 is 1.86 bits per heavy atom. The van der Waals surface area contributed by atoms with Crippen LogP contribution in [-0.4, -0.2) is 35.2 Å². The number of pyridine rings is 1. The quantitative estimate of drug-likeness (QED) is 0.323. The zero-order valence-electron chi connectivity index (χ0n) is 20.4. The van der Waals surface area contributed by atoms with Crippen molar-refractivity contribution in [2.24, 2.45) is 7.05 Å². The van der Waals surface area contributed by atoms with E-state index in [0.717, 1.165) is 33.0 Å². The van der Waals surface area contributed by atoms with E-state index in [4.69, 9.17) is 9.97 Å². The van der Waals surface area contributed by atoms with Crippen LogP contribution < -0.4 is 5.32 Å². The molecule has 1 N–H and O–H groups in total. The largest absolute Gasteiger partial charge is 0.333 e. The van der Waals surface area contributed by atoms with Crippen LogP contribution in [-0.2, 0) is 7.05 Å². The molecule has 8 nitrogen and oxygen atoms in total. The van der Waals surface area contributed by atoms with Gasteiger partial charge in [-0.15, -0.1) is 0 Å². The Kier molecular flexibility index (Phi) is 5.94. The molecule has 4 aromatic heterocycles. The Labute approximate surface area is 207 Å². The molecule has 0 unspecified atom stereocenters. The van der Waals surface area contributed by atoms with Gasteiger partial charge in [0.25, 0.3) is 5.91 Å². The van der Waals surface area contributed by atoms with E-state index in [9.17, 15) is 4.79 Å². The molecule has 0 aliphatic rings. The van der Waals surface area contributed by atoms with Crippen LogP contribution in [0.5, 0.6) is 0 Å². The molecule has 178 valence electrons. The number of nitrogens with zero attached hydrogens (tertiary/aromatic N) is 6. The highest BCUT2D eigenvalue weighted by Crippen LogP contribution is 2.38. The van der Waals surface area contributed by atoms with E-state index in [1.54, 1.807) is 12.4 Å². The highest BCUT2D eigenvalue weighted by atomic mass is 32.1. The van der Waals surface area contributed by atoms with Crippen molar-refractivity contribution in [3.63, 3.8) is 0 Å². The van der Waals surface area contributed by atoms with Crippen LogP contribution in [0.4, 0.5) is 5.13 Å². The standard InChI is InChI=1S/C26H27N7OS/c1-15(2)20-13-18(19-14-28-33(16(3)4)23(19)29-20)25(34)31-26-30-21(17-9-7-6-8-10-17)22(35-26)24-27-11-12-32(24)5/h6-16H,1-5H3,(H,30,31,34). The molecular formula is C26H27N7OS. The maximum absolute atomic E-state index is 13.6. The molecular weight excluding hydrogens is 458 g/mol. The Bertz CT molecular complexity index is 1510. The monoisotopic (exact) mass is 485 g/mol. The molecule has 0 aliphatic heterocycles. The van der Waals surface area contributed by atoms with Crippen molar-refractivity contribution >= 4 is 33.4 Å². The maximum Gasteiger partial charge on any atom is 0.258 e. The van der Waals surface area contributed by atoms with Gasteiger partial charge in [0, 0.05) is 36.7 Å². The second-order valence-corrected chi connectivity index (χ2v) is 10.0. The Morgan fingerprint density at radius 3 is 2.51 bits per heavy atom. The van der Waals surface area contributed by atoms with Crippen molar-refractivity contribution in [3.05, 3.63) is 66.2 Å². The first kappa shape index (κ1) is 22.9. The number of thiazole rings is 1. The molecule has 0 aliphatic carbocycles. The summed E-state index contributed by atoms with van der Waals surface area (Å²) in [5.74, 6) is 0.733. The Balaban J connectivity index is 1.58. The summed E-state index contributed by atoms with van der Waals surface area (Å²) in [6.07, 6.45) is 5.38. The minimum atomic E-state index is -0.234. The highest BCUT2D eigenvalue weighted by Gasteiger charge is 2.22. The van der Waals surface area contributed by atoms with Gasteiger partial charge in [-0.25, -0.2) is 19.6 Å². The zero-order valence-corrected chi connectivity index (χ0v) is 21.2. The predicted octanol–water partition coefficient (Wildman–Crippen LogP) is 5.91. The van der Waals surface area contributed by atoms with Crippen LogP contribution in [0.25, 0.3) is 33.0 Å². The zero-order chi connectivity index (χ0) is 24.7. The highest BCUT2D eigenvalue weighted by molar-refractivity contribution is 7.19. The average Bonchev–Trinajstić information content (AvgIpc) is 3.56. The molecule has 0 radical (unpaired) electrons. The number of aromatic nitrogens is 6. The molecule has 1 amide bonds. The fraction of sp³-hybridized carbons (Fsp3) is 0.269. The van der Waals surface area contributed by atoms with Gasteiger partial charge in [-0.2, -0.15) is 5.10 Å². The predicted molar refractivity (Wildman–Crippen MR) is 140 cm³/mol. The summed E-state index contributed by atoms with van der Waals surface area (Å²) < 4.78 is 3.81. The number of benzene rings is 1. The average molecular weight is 486 g/mol. The van der Waals surface area contributed by atoms with Gasteiger partial charge >= 0.3 is 0 Å². The van der Waals surface area contributed by atoms with Crippen molar-refractivity contribution in [3.8, 4) is 22.0 Å². The molecule has 1 aromatic carbocycles. The molecule has 0 spiro atoms. The second kappa shape index (κ2) is 9.07. The molecule has 5 aromatic rings. The smallest absolute Gasteiger partial charge is 0.258 e. The third-order valence-corrected chi connectivity index (χ3v) is 6.80. The number of fused-ring (bicyclic) bond motifs is 1. The molecule has 5 rings (SSSR count). The van der Waals surface area contributed by atoms with E-state index in [0.29, 0.717) is 16.3 Å². The van der Waals surface area contributed by atoms with Gasteiger partial charge in [-0.05, 0) is 25.8 Å². The van der Waals surface area contributed by atoms with Crippen molar-refractivity contribution in [1.82, 2.24) is 29.3 Å². The minimum Gasteiger partial charge on any atom is -0.333 e. The SMILES string of the molecule is CC(C)c1cc(C(=O)Nc2nc(-c3ccccc3)c(-c3nccn3C)s2)c2cnn(C(C)C)c2n1. The lowest BCUT2D eigenvalue weighted by Gasteiger charge is -2.11. The number of imidazole rings is 1. The lowest BCUT2D eigenvalue weighted by atomic mass is 10.0. The first-order valence-corrected chi connectivity index (χ1v) is 12.4. The van der Waals surface area contributed by atoms with Gasteiger partial charge in [0.05, 0.1) is 27.7 Å². The molecule has 0 saturated heterocycles. The lowest BCUT2D eigenvalue weighted by Crippen LogP contribution is -2.14. The Hall–Kier alpha value is -3.85. The molecule has 0 bridgehead atoms. The van der Waals surface area contributed by atoms with Gasteiger partial charge in [-0.1, -0.05) is 55.5 Å². The number of rotatable bonds is 6. The van der Waals surface area contributed by atoms with Crippen molar-refractivity contribution in [2.75, 3.05) is 5.32 Å². The van der Waals surface area contributed by atoms with Gasteiger partial charge in [-0.3, -0.25) is 10.1 Å². The number of aryl methyl sites for hydroxylation is 1. The van der Waals surface area contributed by atoms with Crippen LogP contribution in [0, 0.1) is 0 Å². The van der Waals surface area contributed by atoms with Gasteiger partial charge in [0.1, 0.15) is 0 Å². The first-order valence-electron chi connectivity index (χ1n) is 11.6. The summed E-state index contributed by atoms with van der Waals surface area (Å²) in [6, 6.07) is 11.9. The molecule has 0 fully saturated rings. The number of amides is 1. The van der Waals surface area contributed by atoms with E-state index in [-0.39, 0.29) is 17.9 Å². The summed E-state index contributed by atoms with van der Waals surface area (Å²) in [5, 5.41) is 8.77. The molecule has 0 saturated carbocycles.